The van der Waals surface area contributed by atoms with Crippen LogP contribution in [-0.2, 0) is 28.5 Å². The van der Waals surface area contributed by atoms with Gasteiger partial charge >= 0.3 is 11.9 Å². The fourth-order valence-corrected chi connectivity index (χ4v) is 5.19. The molecule has 13 heteroatoms. The lowest BCUT2D eigenvalue weighted by Gasteiger charge is -2.45. The second-order valence-electron chi connectivity index (χ2n) is 9.66. The maximum atomic E-state index is 12.4. The van der Waals surface area contributed by atoms with Crippen LogP contribution < -0.4 is 4.74 Å². The molecule has 13 nitrogen and oxygen atoms in total. The maximum Gasteiger partial charge on any atom is 0.337 e. The zero-order valence-electron chi connectivity index (χ0n) is 21.0. The highest BCUT2D eigenvalue weighted by Gasteiger charge is 2.59. The van der Waals surface area contributed by atoms with Crippen LogP contribution >= 0.6 is 0 Å². The lowest BCUT2D eigenvalue weighted by Crippen LogP contribution is -2.61. The molecule has 0 spiro atoms. The second kappa shape index (κ2) is 12.0. The normalized spacial score (nSPS) is 36.1. The molecule has 0 amide bonds. The molecular weight excluding hydrogens is 520 g/mol. The fraction of sp³-hybridized carbons (Fsp3) is 0.538. The molecule has 9 atom stereocenters. The number of rotatable bonds is 9. The van der Waals surface area contributed by atoms with Gasteiger partial charge in [-0.1, -0.05) is 12.1 Å². The highest BCUT2D eigenvalue weighted by atomic mass is 16.8. The van der Waals surface area contributed by atoms with Gasteiger partial charge in [-0.3, -0.25) is 0 Å². The second-order valence-corrected chi connectivity index (χ2v) is 9.66. The molecule has 1 saturated heterocycles. The largest absolute Gasteiger partial charge is 0.497 e. The smallest absolute Gasteiger partial charge is 0.337 e. The summed E-state index contributed by atoms with van der Waals surface area (Å²) in [7, 11) is 1.54. The zero-order chi connectivity index (χ0) is 28.3. The maximum absolute atomic E-state index is 12.4. The highest BCUT2D eigenvalue weighted by molar-refractivity contribution is 5.89. The van der Waals surface area contributed by atoms with Crippen molar-refractivity contribution in [3.63, 3.8) is 0 Å². The molecule has 39 heavy (non-hydrogen) atoms. The van der Waals surface area contributed by atoms with Crippen molar-refractivity contribution < 1.29 is 63.9 Å². The summed E-state index contributed by atoms with van der Waals surface area (Å²) in [6.07, 6.45) is -5.44. The molecule has 4 rings (SSSR count). The van der Waals surface area contributed by atoms with Crippen LogP contribution in [0.5, 0.6) is 5.75 Å². The Bertz CT molecular complexity index is 1080. The van der Waals surface area contributed by atoms with Crippen molar-refractivity contribution >= 4 is 18.0 Å². The van der Waals surface area contributed by atoms with Gasteiger partial charge in [0.25, 0.3) is 0 Å². The molecule has 0 radical (unpaired) electrons. The van der Waals surface area contributed by atoms with Gasteiger partial charge in [-0.2, -0.15) is 0 Å². The van der Waals surface area contributed by atoms with Crippen LogP contribution in [0.1, 0.15) is 18.4 Å². The Morgan fingerprint density at radius 2 is 1.82 bits per heavy atom. The topological polar surface area (TPSA) is 202 Å². The molecule has 2 heterocycles. The third-order valence-corrected chi connectivity index (χ3v) is 7.35. The summed E-state index contributed by atoms with van der Waals surface area (Å²) in [5, 5.41) is 61.0. The number of aliphatic hydroxyl groups excluding tert-OH is 4. The molecule has 1 saturated carbocycles. The van der Waals surface area contributed by atoms with Crippen molar-refractivity contribution in [3.05, 3.63) is 47.7 Å². The standard InChI is InChI=1S/C26H32O13/c1-35-15-5-2-13(3-6-15)4-7-18(28)36-11-14-8-9-26(34)16(23(32)33)12-37-24(19(14)26)39-25-22(31)21(30)20(29)17(10-27)38-25/h2-7,12,14,17,19-22,24-25,27,29-31,34H,8-11H2,1H3,(H,32,33)/b7-4+/t14-,17-,19+,20-,21+,22-,24+,25+,26+/m1/s1. The van der Waals surface area contributed by atoms with Gasteiger partial charge < -0.3 is 54.3 Å². The third kappa shape index (κ3) is 5.94. The predicted octanol–water partition coefficient (Wildman–Crippen LogP) is -0.850. The van der Waals surface area contributed by atoms with Crippen LogP contribution in [0.2, 0.25) is 0 Å². The average Bonchev–Trinajstić information content (AvgIpc) is 3.28. The first-order valence-corrected chi connectivity index (χ1v) is 12.4. The number of carbonyl (C=O) groups excluding carboxylic acids is 1. The lowest BCUT2D eigenvalue weighted by atomic mass is 9.79. The fourth-order valence-electron chi connectivity index (χ4n) is 5.19. The summed E-state index contributed by atoms with van der Waals surface area (Å²) in [5.74, 6) is -3.11. The number of hydrogen-bond acceptors (Lipinski definition) is 12. The summed E-state index contributed by atoms with van der Waals surface area (Å²) in [4.78, 5) is 24.2. The Morgan fingerprint density at radius 3 is 2.46 bits per heavy atom. The van der Waals surface area contributed by atoms with Gasteiger partial charge in [-0.05, 0) is 36.6 Å². The number of esters is 1. The summed E-state index contributed by atoms with van der Waals surface area (Å²) in [6, 6.07) is 6.97. The van der Waals surface area contributed by atoms with E-state index in [9.17, 15) is 40.2 Å². The van der Waals surface area contributed by atoms with Crippen molar-refractivity contribution in [1.29, 1.82) is 0 Å². The first kappa shape index (κ1) is 29.0. The van der Waals surface area contributed by atoms with Crippen molar-refractivity contribution in [1.82, 2.24) is 0 Å². The molecule has 0 unspecified atom stereocenters. The van der Waals surface area contributed by atoms with E-state index in [-0.39, 0.29) is 19.4 Å². The van der Waals surface area contributed by atoms with E-state index in [4.69, 9.17) is 23.7 Å². The molecule has 6 N–H and O–H groups in total. The molecule has 2 fully saturated rings. The number of ether oxygens (including phenoxy) is 5. The summed E-state index contributed by atoms with van der Waals surface area (Å²) >= 11 is 0. The number of benzene rings is 1. The highest BCUT2D eigenvalue weighted by Crippen LogP contribution is 2.50. The monoisotopic (exact) mass is 552 g/mol. The van der Waals surface area contributed by atoms with Gasteiger partial charge in [0.15, 0.2) is 6.29 Å². The van der Waals surface area contributed by atoms with E-state index < -0.39 is 78.6 Å². The van der Waals surface area contributed by atoms with Crippen molar-refractivity contribution in [3.8, 4) is 5.75 Å². The van der Waals surface area contributed by atoms with E-state index in [1.54, 1.807) is 37.5 Å². The van der Waals surface area contributed by atoms with E-state index in [2.05, 4.69) is 0 Å². The molecule has 1 aromatic carbocycles. The number of fused-ring (bicyclic) bond motifs is 1. The van der Waals surface area contributed by atoms with Crippen molar-refractivity contribution in [2.75, 3.05) is 20.3 Å². The van der Waals surface area contributed by atoms with Crippen molar-refractivity contribution in [2.45, 2.75) is 55.4 Å². The predicted molar refractivity (Wildman–Crippen MR) is 130 cm³/mol. The van der Waals surface area contributed by atoms with E-state index in [0.717, 1.165) is 11.8 Å². The number of aliphatic carboxylic acids is 1. The SMILES string of the molecule is COc1ccc(/C=C/C(=O)OC[C@H]2CC[C@]3(O)C(C(=O)O)=CO[C@@H](O[C@@H]4O[C@H](CO)[C@@H](O)[C@H](O)[C@H]4O)[C@H]23)cc1. The Kier molecular flexibility index (Phi) is 8.91. The lowest BCUT2D eigenvalue weighted by molar-refractivity contribution is -0.347. The van der Waals surface area contributed by atoms with E-state index in [0.29, 0.717) is 5.75 Å². The summed E-state index contributed by atoms with van der Waals surface area (Å²) < 4.78 is 27.1. The van der Waals surface area contributed by atoms with Gasteiger partial charge in [0, 0.05) is 12.0 Å². The third-order valence-electron chi connectivity index (χ3n) is 7.35. The van der Waals surface area contributed by atoms with Crippen molar-refractivity contribution in [2.24, 2.45) is 11.8 Å². The van der Waals surface area contributed by atoms with E-state index in [1.165, 1.54) is 6.08 Å². The van der Waals surface area contributed by atoms with Gasteiger partial charge in [0.1, 0.15) is 41.3 Å². The minimum absolute atomic E-state index is 0.00237. The van der Waals surface area contributed by atoms with Gasteiger partial charge in [0.05, 0.1) is 32.5 Å². The minimum Gasteiger partial charge on any atom is -0.497 e. The number of carboxylic acids is 1. The molecule has 214 valence electrons. The summed E-state index contributed by atoms with van der Waals surface area (Å²) in [6.45, 7) is -0.890. The number of methoxy groups -OCH3 is 1. The van der Waals surface area contributed by atoms with Crippen LogP contribution in [-0.4, -0.2) is 105 Å². The molecule has 1 aliphatic carbocycles. The molecule has 3 aliphatic rings. The number of aliphatic hydroxyl groups is 5. The van der Waals surface area contributed by atoms with Gasteiger partial charge in [-0.25, -0.2) is 9.59 Å². The first-order chi connectivity index (χ1) is 18.6. The Morgan fingerprint density at radius 1 is 1.10 bits per heavy atom. The first-order valence-electron chi connectivity index (χ1n) is 12.4. The Labute approximate surface area is 223 Å². The van der Waals surface area contributed by atoms with E-state index >= 15 is 0 Å². The number of carbonyl (C=O) groups is 2. The quantitative estimate of drug-likeness (QED) is 0.164. The number of hydrogen-bond donors (Lipinski definition) is 6. The number of carboxylic acid groups (broad SMARTS) is 1. The van der Waals surface area contributed by atoms with E-state index in [1.807, 2.05) is 0 Å². The van der Waals surface area contributed by atoms with Crippen LogP contribution in [0.4, 0.5) is 0 Å². The minimum atomic E-state index is -1.92. The van der Waals surface area contributed by atoms with Crippen LogP contribution in [0.25, 0.3) is 6.08 Å². The Balaban J connectivity index is 1.47. The Hall–Kier alpha value is -3.04. The molecule has 1 aromatic rings. The molecule has 0 bridgehead atoms. The molecular formula is C26H32O13. The van der Waals surface area contributed by atoms with Crippen LogP contribution in [0.15, 0.2) is 42.2 Å². The molecule has 2 aliphatic heterocycles. The van der Waals surface area contributed by atoms with Crippen LogP contribution in [0.3, 0.4) is 0 Å². The summed E-state index contributed by atoms with van der Waals surface area (Å²) in [5.41, 5.74) is -1.60. The zero-order valence-corrected chi connectivity index (χ0v) is 21.0. The van der Waals surface area contributed by atoms with Crippen LogP contribution in [0, 0.1) is 11.8 Å². The average molecular weight is 553 g/mol. The van der Waals surface area contributed by atoms with Gasteiger partial charge in [-0.15, -0.1) is 0 Å². The molecule has 0 aromatic heterocycles. The van der Waals surface area contributed by atoms with Gasteiger partial charge in [0.2, 0.25) is 6.29 Å².